The maximum absolute atomic E-state index is 11.3. The van der Waals surface area contributed by atoms with E-state index in [1.165, 1.54) is 11.8 Å². The van der Waals surface area contributed by atoms with Crippen molar-refractivity contribution in [3.8, 4) is 5.75 Å². The van der Waals surface area contributed by atoms with E-state index in [-0.39, 0.29) is 16.7 Å². The number of nitro groups is 1. The Labute approximate surface area is 144 Å². The van der Waals surface area contributed by atoms with Crippen LogP contribution in [0.15, 0.2) is 71.6 Å². The lowest BCUT2D eigenvalue weighted by atomic mass is 10.0. The highest BCUT2D eigenvalue weighted by Gasteiger charge is 2.25. The molecule has 0 aromatic heterocycles. The largest absolute Gasteiger partial charge is 0.496 e. The molecular weight excluding hydrogens is 322 g/mol. The van der Waals surface area contributed by atoms with Gasteiger partial charge in [0.2, 0.25) is 6.54 Å². The molecular formula is C19H17NO3S. The van der Waals surface area contributed by atoms with E-state index in [0.29, 0.717) is 5.75 Å². The molecule has 0 saturated heterocycles. The molecule has 0 radical (unpaired) electrons. The molecule has 24 heavy (non-hydrogen) atoms. The van der Waals surface area contributed by atoms with Crippen LogP contribution < -0.4 is 4.74 Å². The summed E-state index contributed by atoms with van der Waals surface area (Å²) in [6, 6.07) is 21.5. The van der Waals surface area contributed by atoms with Crippen molar-refractivity contribution in [2.24, 2.45) is 0 Å². The lowest BCUT2D eigenvalue weighted by Gasteiger charge is -2.19. The number of benzene rings is 3. The van der Waals surface area contributed by atoms with Gasteiger partial charge >= 0.3 is 0 Å². The Kier molecular flexibility index (Phi) is 5.01. The zero-order chi connectivity index (χ0) is 16.9. The first-order valence-electron chi connectivity index (χ1n) is 7.58. The second-order valence-corrected chi connectivity index (χ2v) is 6.61. The molecule has 3 rings (SSSR count). The lowest BCUT2D eigenvalue weighted by molar-refractivity contribution is -0.479. The zero-order valence-corrected chi connectivity index (χ0v) is 14.0. The standard InChI is InChI=1S/C19H17NO3S/c1-23-17-12-11-14-7-5-6-10-16(14)19(17)18(13-20(21)22)24-15-8-3-2-4-9-15/h2-12,18H,13H2,1H3. The first-order valence-corrected chi connectivity index (χ1v) is 8.46. The summed E-state index contributed by atoms with van der Waals surface area (Å²) in [6.07, 6.45) is 0. The topological polar surface area (TPSA) is 52.4 Å². The van der Waals surface area contributed by atoms with Gasteiger partial charge in [-0.15, -0.1) is 11.8 Å². The number of nitrogens with zero attached hydrogens (tertiary/aromatic N) is 1. The van der Waals surface area contributed by atoms with Crippen molar-refractivity contribution < 1.29 is 9.66 Å². The van der Waals surface area contributed by atoms with Crippen LogP contribution in [0.2, 0.25) is 0 Å². The predicted molar refractivity (Wildman–Crippen MR) is 97.4 cm³/mol. The van der Waals surface area contributed by atoms with Crippen molar-refractivity contribution >= 4 is 22.5 Å². The van der Waals surface area contributed by atoms with Crippen LogP contribution in [0.1, 0.15) is 10.8 Å². The Hall–Kier alpha value is -2.53. The van der Waals surface area contributed by atoms with Gasteiger partial charge in [-0.2, -0.15) is 0 Å². The van der Waals surface area contributed by atoms with Crippen LogP contribution in [0.4, 0.5) is 0 Å². The number of hydrogen-bond donors (Lipinski definition) is 0. The highest BCUT2D eigenvalue weighted by atomic mass is 32.2. The minimum atomic E-state index is -0.330. The maximum Gasteiger partial charge on any atom is 0.220 e. The van der Waals surface area contributed by atoms with E-state index in [1.807, 2.05) is 66.7 Å². The highest BCUT2D eigenvalue weighted by Crippen LogP contribution is 2.43. The average Bonchev–Trinajstić information content (AvgIpc) is 2.60. The van der Waals surface area contributed by atoms with E-state index < -0.39 is 0 Å². The third kappa shape index (κ3) is 3.51. The lowest BCUT2D eigenvalue weighted by Crippen LogP contribution is -2.11. The van der Waals surface area contributed by atoms with Crippen LogP contribution in [0.25, 0.3) is 10.8 Å². The second-order valence-electron chi connectivity index (χ2n) is 5.34. The molecule has 0 spiro atoms. The maximum atomic E-state index is 11.3. The van der Waals surface area contributed by atoms with Gasteiger partial charge < -0.3 is 4.74 Å². The van der Waals surface area contributed by atoms with Crippen molar-refractivity contribution in [3.63, 3.8) is 0 Å². The summed E-state index contributed by atoms with van der Waals surface area (Å²) < 4.78 is 5.52. The molecule has 3 aromatic rings. The molecule has 1 unspecified atom stereocenters. The van der Waals surface area contributed by atoms with Crippen LogP contribution in [0.5, 0.6) is 5.75 Å². The molecule has 0 N–H and O–H groups in total. The molecule has 1 atom stereocenters. The van der Waals surface area contributed by atoms with Gasteiger partial charge in [0.05, 0.1) is 7.11 Å². The summed E-state index contributed by atoms with van der Waals surface area (Å²) >= 11 is 1.49. The van der Waals surface area contributed by atoms with Gasteiger partial charge in [0.1, 0.15) is 11.0 Å². The van der Waals surface area contributed by atoms with Crippen molar-refractivity contribution in [2.75, 3.05) is 13.7 Å². The summed E-state index contributed by atoms with van der Waals surface area (Å²) in [5.41, 5.74) is 0.876. The minimum Gasteiger partial charge on any atom is -0.496 e. The van der Waals surface area contributed by atoms with Crippen LogP contribution in [-0.2, 0) is 0 Å². The Morgan fingerprint density at radius 2 is 1.75 bits per heavy atom. The molecule has 5 heteroatoms. The third-order valence-corrected chi connectivity index (χ3v) is 5.02. The summed E-state index contributed by atoms with van der Waals surface area (Å²) in [7, 11) is 1.60. The SMILES string of the molecule is COc1ccc2ccccc2c1C(C[N+](=O)[O-])Sc1ccccc1. The van der Waals surface area contributed by atoms with E-state index in [2.05, 4.69) is 0 Å². The van der Waals surface area contributed by atoms with E-state index in [0.717, 1.165) is 21.2 Å². The van der Waals surface area contributed by atoms with Gasteiger partial charge in [0, 0.05) is 15.4 Å². The number of fused-ring (bicyclic) bond motifs is 1. The molecule has 0 saturated carbocycles. The second kappa shape index (κ2) is 7.36. The number of methoxy groups -OCH3 is 1. The van der Waals surface area contributed by atoms with Crippen LogP contribution in [-0.4, -0.2) is 18.6 Å². The molecule has 0 aliphatic heterocycles. The molecule has 0 heterocycles. The van der Waals surface area contributed by atoms with Gasteiger partial charge in [-0.25, -0.2) is 0 Å². The summed E-state index contributed by atoms with van der Waals surface area (Å²) in [6.45, 7) is -0.163. The number of thioether (sulfide) groups is 1. The van der Waals surface area contributed by atoms with Crippen molar-refractivity contribution in [1.29, 1.82) is 0 Å². The monoisotopic (exact) mass is 339 g/mol. The smallest absolute Gasteiger partial charge is 0.220 e. The van der Waals surface area contributed by atoms with Gasteiger partial charge in [0.15, 0.2) is 0 Å². The average molecular weight is 339 g/mol. The summed E-state index contributed by atoms with van der Waals surface area (Å²) in [4.78, 5) is 12.0. The highest BCUT2D eigenvalue weighted by molar-refractivity contribution is 7.99. The fourth-order valence-corrected chi connectivity index (χ4v) is 3.97. The summed E-state index contributed by atoms with van der Waals surface area (Å²) in [5, 5.41) is 13.0. The Bertz CT molecular complexity index is 852. The van der Waals surface area contributed by atoms with Crippen LogP contribution >= 0.6 is 11.8 Å². The van der Waals surface area contributed by atoms with Crippen molar-refractivity contribution in [2.45, 2.75) is 10.1 Å². The Balaban J connectivity index is 2.12. The van der Waals surface area contributed by atoms with Gasteiger partial charge in [-0.1, -0.05) is 48.5 Å². The number of ether oxygens (including phenoxy) is 1. The molecule has 0 fully saturated rings. The normalized spacial score (nSPS) is 12.0. The van der Waals surface area contributed by atoms with Crippen molar-refractivity contribution in [1.82, 2.24) is 0 Å². The Morgan fingerprint density at radius 3 is 2.46 bits per heavy atom. The molecule has 3 aromatic carbocycles. The van der Waals surface area contributed by atoms with E-state index in [1.54, 1.807) is 7.11 Å². The quantitative estimate of drug-likeness (QED) is 0.362. The third-order valence-electron chi connectivity index (χ3n) is 3.81. The van der Waals surface area contributed by atoms with Crippen LogP contribution in [0.3, 0.4) is 0 Å². The fraction of sp³-hybridized carbons (Fsp3) is 0.158. The van der Waals surface area contributed by atoms with E-state index >= 15 is 0 Å². The minimum absolute atomic E-state index is 0.163. The van der Waals surface area contributed by atoms with Crippen molar-refractivity contribution in [3.05, 3.63) is 82.4 Å². The molecule has 0 amide bonds. The van der Waals surface area contributed by atoms with Gasteiger partial charge in [-0.3, -0.25) is 10.1 Å². The molecule has 122 valence electrons. The summed E-state index contributed by atoms with van der Waals surface area (Å²) in [5.74, 6) is 0.684. The van der Waals surface area contributed by atoms with Gasteiger partial charge in [0.25, 0.3) is 0 Å². The predicted octanol–water partition coefficient (Wildman–Crippen LogP) is 4.96. The Morgan fingerprint density at radius 1 is 1.04 bits per heavy atom. The van der Waals surface area contributed by atoms with E-state index in [9.17, 15) is 10.1 Å². The van der Waals surface area contributed by atoms with Crippen LogP contribution in [0, 0.1) is 10.1 Å². The van der Waals surface area contributed by atoms with E-state index in [4.69, 9.17) is 4.74 Å². The number of rotatable bonds is 6. The fourth-order valence-electron chi connectivity index (χ4n) is 2.77. The number of hydrogen-bond acceptors (Lipinski definition) is 4. The molecule has 4 nitrogen and oxygen atoms in total. The molecule has 0 aliphatic carbocycles. The van der Waals surface area contributed by atoms with Gasteiger partial charge in [-0.05, 0) is 29.0 Å². The zero-order valence-electron chi connectivity index (χ0n) is 13.2. The molecule has 0 bridgehead atoms. The first kappa shape index (κ1) is 16.3. The first-order chi connectivity index (χ1) is 11.7. The molecule has 0 aliphatic rings.